The van der Waals surface area contributed by atoms with Gasteiger partial charge in [-0.05, 0) is 56.2 Å². The maximum absolute atomic E-state index is 12.2. The summed E-state index contributed by atoms with van der Waals surface area (Å²) in [5, 5.41) is 2.99. The van der Waals surface area contributed by atoms with Crippen LogP contribution >= 0.6 is 0 Å². The highest BCUT2D eigenvalue weighted by Crippen LogP contribution is 2.15. The van der Waals surface area contributed by atoms with Crippen molar-refractivity contribution in [2.45, 2.75) is 25.9 Å². The molecule has 0 atom stereocenters. The van der Waals surface area contributed by atoms with Gasteiger partial charge in [0, 0.05) is 18.8 Å². The van der Waals surface area contributed by atoms with Gasteiger partial charge in [0.2, 0.25) is 5.91 Å². The van der Waals surface area contributed by atoms with E-state index in [0.29, 0.717) is 6.54 Å². The summed E-state index contributed by atoms with van der Waals surface area (Å²) in [4.78, 5) is 16.7. The molecule has 1 N–H and O–H groups in total. The maximum atomic E-state index is 12.2. The van der Waals surface area contributed by atoms with E-state index < -0.39 is 0 Å². The smallest absolute Gasteiger partial charge is 0.238 e. The van der Waals surface area contributed by atoms with Gasteiger partial charge in [0.15, 0.2) is 0 Å². The third-order valence-corrected chi connectivity index (χ3v) is 4.55. The quantitative estimate of drug-likeness (QED) is 0.841. The Morgan fingerprint density at radius 3 is 2.36 bits per heavy atom. The molecule has 1 fully saturated rings. The van der Waals surface area contributed by atoms with E-state index >= 15 is 0 Å². The highest BCUT2D eigenvalue weighted by atomic mass is 16.2. The van der Waals surface area contributed by atoms with Crippen molar-refractivity contribution in [3.8, 4) is 0 Å². The fourth-order valence-corrected chi connectivity index (χ4v) is 3.29. The van der Waals surface area contributed by atoms with E-state index in [1.807, 2.05) is 42.3 Å². The van der Waals surface area contributed by atoms with Gasteiger partial charge >= 0.3 is 0 Å². The first-order valence-electron chi connectivity index (χ1n) is 9.03. The molecule has 1 aliphatic rings. The lowest BCUT2D eigenvalue weighted by Crippen LogP contribution is -2.29. The summed E-state index contributed by atoms with van der Waals surface area (Å²) in [5.74, 6) is 0.0192. The predicted molar refractivity (Wildman–Crippen MR) is 102 cm³/mol. The topological polar surface area (TPSA) is 35.6 Å². The minimum absolute atomic E-state index is 0.0192. The summed E-state index contributed by atoms with van der Waals surface area (Å²) >= 11 is 0. The van der Waals surface area contributed by atoms with E-state index in [2.05, 4.69) is 34.5 Å². The van der Waals surface area contributed by atoms with Crippen molar-refractivity contribution in [3.05, 3.63) is 65.7 Å². The van der Waals surface area contributed by atoms with Crippen LogP contribution in [-0.2, 0) is 17.9 Å². The zero-order valence-electron chi connectivity index (χ0n) is 14.9. The molecule has 2 aromatic rings. The van der Waals surface area contributed by atoms with Crippen LogP contribution in [0.1, 0.15) is 24.0 Å². The first-order valence-corrected chi connectivity index (χ1v) is 9.03. The summed E-state index contributed by atoms with van der Waals surface area (Å²) in [6.45, 7) is 4.56. The van der Waals surface area contributed by atoms with Crippen LogP contribution in [-0.4, -0.2) is 42.4 Å². The Bertz CT molecular complexity index is 663. The van der Waals surface area contributed by atoms with E-state index in [4.69, 9.17) is 0 Å². The number of benzene rings is 2. The number of likely N-dealkylation sites (N-methyl/N-ethyl adjacent to an activating group) is 1. The summed E-state index contributed by atoms with van der Waals surface area (Å²) < 4.78 is 0. The summed E-state index contributed by atoms with van der Waals surface area (Å²) in [5.41, 5.74) is 3.38. The second-order valence-corrected chi connectivity index (χ2v) is 6.89. The number of carbonyl (C=O) groups is 1. The standard InChI is InChI=1S/C21H27N3O/c1-23(15-18-7-3-2-4-8-18)17-21(25)22-20-11-9-19(10-12-20)16-24-13-5-6-14-24/h2-4,7-12H,5-6,13-17H2,1H3,(H,22,25). The average molecular weight is 337 g/mol. The van der Waals surface area contributed by atoms with Crippen LogP contribution in [0.25, 0.3) is 0 Å². The molecule has 25 heavy (non-hydrogen) atoms. The predicted octanol–water partition coefficient (Wildman–Crippen LogP) is 3.35. The molecule has 0 aromatic heterocycles. The molecule has 3 rings (SSSR count). The Morgan fingerprint density at radius 1 is 1.00 bits per heavy atom. The van der Waals surface area contributed by atoms with Crippen molar-refractivity contribution in [2.24, 2.45) is 0 Å². The molecular weight excluding hydrogens is 310 g/mol. The third-order valence-electron chi connectivity index (χ3n) is 4.55. The molecule has 0 bridgehead atoms. The maximum Gasteiger partial charge on any atom is 0.238 e. The summed E-state index contributed by atoms with van der Waals surface area (Å²) in [6, 6.07) is 18.4. The molecule has 0 radical (unpaired) electrons. The normalized spacial score (nSPS) is 14.8. The van der Waals surface area contributed by atoms with Gasteiger partial charge in [-0.1, -0.05) is 42.5 Å². The number of hydrogen-bond acceptors (Lipinski definition) is 3. The van der Waals surface area contributed by atoms with Gasteiger partial charge in [-0.3, -0.25) is 14.6 Å². The minimum atomic E-state index is 0.0192. The number of nitrogens with zero attached hydrogens (tertiary/aromatic N) is 2. The molecule has 0 saturated carbocycles. The number of rotatable bonds is 7. The highest BCUT2D eigenvalue weighted by molar-refractivity contribution is 5.92. The van der Waals surface area contributed by atoms with Crippen LogP contribution in [0.3, 0.4) is 0 Å². The van der Waals surface area contributed by atoms with Crippen LogP contribution in [0.15, 0.2) is 54.6 Å². The third kappa shape index (κ3) is 5.69. The largest absolute Gasteiger partial charge is 0.325 e. The zero-order valence-corrected chi connectivity index (χ0v) is 14.9. The zero-order chi connectivity index (χ0) is 17.5. The van der Waals surface area contributed by atoms with Crippen molar-refractivity contribution in [2.75, 3.05) is 32.0 Å². The molecule has 4 heteroatoms. The molecule has 1 aliphatic heterocycles. The van der Waals surface area contributed by atoms with Crippen LogP contribution in [0.2, 0.25) is 0 Å². The van der Waals surface area contributed by atoms with E-state index in [1.165, 1.54) is 37.1 Å². The number of nitrogens with one attached hydrogen (secondary N) is 1. The van der Waals surface area contributed by atoms with E-state index in [-0.39, 0.29) is 5.91 Å². The van der Waals surface area contributed by atoms with Crippen molar-refractivity contribution in [1.29, 1.82) is 0 Å². The molecule has 0 unspecified atom stereocenters. The fraction of sp³-hybridized carbons (Fsp3) is 0.381. The lowest BCUT2D eigenvalue weighted by molar-refractivity contribution is -0.117. The Balaban J connectivity index is 1.45. The van der Waals surface area contributed by atoms with Gasteiger partial charge in [0.1, 0.15) is 0 Å². The molecule has 4 nitrogen and oxygen atoms in total. The Kier molecular flexibility index (Phi) is 6.20. The van der Waals surface area contributed by atoms with Crippen LogP contribution in [0.4, 0.5) is 5.69 Å². The first kappa shape index (κ1) is 17.6. The van der Waals surface area contributed by atoms with Gasteiger partial charge in [0.25, 0.3) is 0 Å². The average Bonchev–Trinajstić information content (AvgIpc) is 3.10. The number of hydrogen-bond donors (Lipinski definition) is 1. The highest BCUT2D eigenvalue weighted by Gasteiger charge is 2.12. The fourth-order valence-electron chi connectivity index (χ4n) is 3.29. The van der Waals surface area contributed by atoms with E-state index in [9.17, 15) is 4.79 Å². The van der Waals surface area contributed by atoms with Gasteiger partial charge < -0.3 is 5.32 Å². The molecule has 1 heterocycles. The molecule has 2 aromatic carbocycles. The minimum Gasteiger partial charge on any atom is -0.325 e. The summed E-state index contributed by atoms with van der Waals surface area (Å²) in [7, 11) is 1.96. The van der Waals surface area contributed by atoms with E-state index in [0.717, 1.165) is 18.8 Å². The van der Waals surface area contributed by atoms with Crippen LogP contribution in [0.5, 0.6) is 0 Å². The van der Waals surface area contributed by atoms with Gasteiger partial charge in [-0.25, -0.2) is 0 Å². The number of likely N-dealkylation sites (tertiary alicyclic amines) is 1. The van der Waals surface area contributed by atoms with Gasteiger partial charge in [-0.15, -0.1) is 0 Å². The van der Waals surface area contributed by atoms with Crippen molar-refractivity contribution >= 4 is 11.6 Å². The molecule has 0 aliphatic carbocycles. The molecule has 132 valence electrons. The molecule has 1 amide bonds. The lowest BCUT2D eigenvalue weighted by atomic mass is 10.2. The lowest BCUT2D eigenvalue weighted by Gasteiger charge is -2.17. The molecule has 1 saturated heterocycles. The van der Waals surface area contributed by atoms with Crippen molar-refractivity contribution < 1.29 is 4.79 Å². The molecular formula is C21H27N3O. The number of carbonyl (C=O) groups excluding carboxylic acids is 1. The van der Waals surface area contributed by atoms with Crippen molar-refractivity contribution in [1.82, 2.24) is 9.80 Å². The molecule has 0 spiro atoms. The van der Waals surface area contributed by atoms with E-state index in [1.54, 1.807) is 0 Å². The van der Waals surface area contributed by atoms with Crippen LogP contribution in [0, 0.1) is 0 Å². The SMILES string of the molecule is CN(CC(=O)Nc1ccc(CN2CCCC2)cc1)Cc1ccccc1. The number of amides is 1. The second-order valence-electron chi connectivity index (χ2n) is 6.89. The number of anilines is 1. The Hall–Kier alpha value is -2.17. The van der Waals surface area contributed by atoms with Gasteiger partial charge in [-0.2, -0.15) is 0 Å². The first-order chi connectivity index (χ1) is 12.2. The Labute approximate surface area is 150 Å². The monoisotopic (exact) mass is 337 g/mol. The summed E-state index contributed by atoms with van der Waals surface area (Å²) in [6.07, 6.45) is 2.62. The second kappa shape index (κ2) is 8.79. The van der Waals surface area contributed by atoms with Crippen molar-refractivity contribution in [3.63, 3.8) is 0 Å². The van der Waals surface area contributed by atoms with Gasteiger partial charge in [0.05, 0.1) is 6.54 Å². The van der Waals surface area contributed by atoms with Crippen LogP contribution < -0.4 is 5.32 Å². The Morgan fingerprint density at radius 2 is 1.68 bits per heavy atom.